The highest BCUT2D eigenvalue weighted by Crippen LogP contribution is 2.61. The van der Waals surface area contributed by atoms with Gasteiger partial charge in [0.25, 0.3) is 5.91 Å². The molecular formula is C25H31FN2O2S. The number of amides is 2. The molecule has 4 bridgehead atoms. The van der Waals surface area contributed by atoms with E-state index in [4.69, 9.17) is 0 Å². The number of benzene rings is 1. The molecule has 0 N–H and O–H groups in total. The van der Waals surface area contributed by atoms with Crippen LogP contribution in [0, 0.1) is 29.0 Å². The van der Waals surface area contributed by atoms with Gasteiger partial charge in [-0.3, -0.25) is 9.59 Å². The van der Waals surface area contributed by atoms with Gasteiger partial charge in [-0.15, -0.1) is 11.8 Å². The zero-order valence-electron chi connectivity index (χ0n) is 18.0. The molecule has 4 aliphatic carbocycles. The summed E-state index contributed by atoms with van der Waals surface area (Å²) in [5, 5.41) is 0. The van der Waals surface area contributed by atoms with Crippen LogP contribution in [0.2, 0.25) is 0 Å². The maximum absolute atomic E-state index is 13.7. The summed E-state index contributed by atoms with van der Waals surface area (Å²) < 4.78 is 13.3. The lowest BCUT2D eigenvalue weighted by Crippen LogP contribution is -2.58. The van der Waals surface area contributed by atoms with Crippen LogP contribution < -0.4 is 0 Å². The normalized spacial score (nSPS) is 35.7. The van der Waals surface area contributed by atoms with Gasteiger partial charge in [-0.25, -0.2) is 4.39 Å². The Morgan fingerprint density at radius 3 is 2.06 bits per heavy atom. The molecule has 2 amide bonds. The van der Waals surface area contributed by atoms with Crippen LogP contribution in [0.5, 0.6) is 0 Å². The molecule has 1 aromatic rings. The first-order valence-electron chi connectivity index (χ1n) is 12.0. The Labute approximate surface area is 187 Å². The monoisotopic (exact) mass is 442 g/mol. The van der Waals surface area contributed by atoms with Crippen molar-refractivity contribution >= 4 is 23.6 Å². The van der Waals surface area contributed by atoms with Gasteiger partial charge in [-0.2, -0.15) is 0 Å². The van der Waals surface area contributed by atoms with Crippen LogP contribution in [-0.4, -0.2) is 51.9 Å². The highest BCUT2D eigenvalue weighted by molar-refractivity contribution is 8.00. The number of carbonyl (C=O) groups excluding carboxylic acids is 2. The second-order valence-electron chi connectivity index (χ2n) is 10.7. The van der Waals surface area contributed by atoms with E-state index < -0.39 is 0 Å². The van der Waals surface area contributed by atoms with Gasteiger partial charge in [0.2, 0.25) is 5.91 Å². The molecule has 7 rings (SSSR count). The predicted molar refractivity (Wildman–Crippen MR) is 119 cm³/mol. The van der Waals surface area contributed by atoms with Crippen molar-refractivity contribution in [3.05, 3.63) is 35.6 Å². The largest absolute Gasteiger partial charge is 0.342 e. The lowest BCUT2D eigenvalue weighted by Gasteiger charge is -2.57. The molecule has 0 radical (unpaired) electrons. The van der Waals surface area contributed by atoms with Crippen molar-refractivity contribution in [3.8, 4) is 0 Å². The zero-order chi connectivity index (χ0) is 21.2. The Morgan fingerprint density at radius 2 is 1.48 bits per heavy atom. The second-order valence-corrected chi connectivity index (χ2v) is 12.2. The van der Waals surface area contributed by atoms with Crippen molar-refractivity contribution in [1.29, 1.82) is 0 Å². The molecule has 4 saturated carbocycles. The van der Waals surface area contributed by atoms with Gasteiger partial charge in [-0.05, 0) is 93.4 Å². The van der Waals surface area contributed by atoms with E-state index in [2.05, 4.69) is 4.90 Å². The van der Waals surface area contributed by atoms with Gasteiger partial charge < -0.3 is 9.80 Å². The molecule has 0 aromatic heterocycles. The predicted octanol–water partition coefficient (Wildman–Crippen LogP) is 4.55. The number of hydrogen-bond acceptors (Lipinski definition) is 3. The maximum Gasteiger partial charge on any atom is 0.254 e. The fourth-order valence-corrected chi connectivity index (χ4v) is 9.28. The maximum atomic E-state index is 13.7. The summed E-state index contributed by atoms with van der Waals surface area (Å²) in [6.07, 6.45) is 9.08. The molecule has 4 nitrogen and oxygen atoms in total. The topological polar surface area (TPSA) is 40.6 Å². The number of piperidine rings is 1. The summed E-state index contributed by atoms with van der Waals surface area (Å²) >= 11 is 1.87. The van der Waals surface area contributed by atoms with E-state index >= 15 is 0 Å². The van der Waals surface area contributed by atoms with Crippen LogP contribution in [0.25, 0.3) is 0 Å². The summed E-state index contributed by atoms with van der Waals surface area (Å²) in [4.78, 5) is 30.8. The molecule has 6 fully saturated rings. The van der Waals surface area contributed by atoms with Gasteiger partial charge >= 0.3 is 0 Å². The number of likely N-dealkylation sites (tertiary alicyclic amines) is 1. The fourth-order valence-electron chi connectivity index (χ4n) is 7.82. The van der Waals surface area contributed by atoms with Crippen LogP contribution in [0.1, 0.15) is 61.7 Å². The summed E-state index contributed by atoms with van der Waals surface area (Å²) in [6, 6.07) is 5.88. The first-order valence-corrected chi connectivity index (χ1v) is 13.0. The minimum atomic E-state index is -0.321. The van der Waals surface area contributed by atoms with E-state index in [0.717, 1.165) is 75.2 Å². The van der Waals surface area contributed by atoms with Crippen LogP contribution in [0.4, 0.5) is 4.39 Å². The molecule has 0 atom stereocenters. The molecule has 2 saturated heterocycles. The molecule has 2 aliphatic heterocycles. The molecule has 1 aromatic carbocycles. The summed E-state index contributed by atoms with van der Waals surface area (Å²) in [7, 11) is 0. The van der Waals surface area contributed by atoms with E-state index in [1.165, 1.54) is 31.4 Å². The van der Waals surface area contributed by atoms with Crippen LogP contribution in [0.3, 0.4) is 0 Å². The number of rotatable bonds is 2. The minimum Gasteiger partial charge on any atom is -0.342 e. The quantitative estimate of drug-likeness (QED) is 0.675. The Hall–Kier alpha value is -1.56. The van der Waals surface area contributed by atoms with Crippen molar-refractivity contribution in [1.82, 2.24) is 9.80 Å². The van der Waals surface area contributed by atoms with Gasteiger partial charge in [0.1, 0.15) is 5.82 Å². The summed E-state index contributed by atoms with van der Waals surface area (Å²) in [5.41, 5.74) is 0.474. The molecule has 166 valence electrons. The van der Waals surface area contributed by atoms with Crippen molar-refractivity contribution in [3.63, 3.8) is 0 Å². The highest BCUT2D eigenvalue weighted by Gasteiger charge is 2.56. The third-order valence-corrected chi connectivity index (χ3v) is 10.4. The van der Waals surface area contributed by atoms with Crippen LogP contribution in [0.15, 0.2) is 24.3 Å². The van der Waals surface area contributed by atoms with Gasteiger partial charge in [-0.1, -0.05) is 0 Å². The Morgan fingerprint density at radius 1 is 0.903 bits per heavy atom. The zero-order valence-corrected chi connectivity index (χ0v) is 18.8. The van der Waals surface area contributed by atoms with E-state index in [-0.39, 0.29) is 22.0 Å². The van der Waals surface area contributed by atoms with E-state index in [1.807, 2.05) is 16.7 Å². The van der Waals surface area contributed by atoms with Gasteiger partial charge in [0.05, 0.1) is 10.3 Å². The van der Waals surface area contributed by atoms with Crippen LogP contribution >= 0.6 is 11.8 Å². The molecular weight excluding hydrogens is 411 g/mol. The summed E-state index contributed by atoms with van der Waals surface area (Å²) in [5.74, 6) is 3.35. The third kappa shape index (κ3) is 3.23. The van der Waals surface area contributed by atoms with E-state index in [1.54, 1.807) is 12.1 Å². The Balaban J connectivity index is 1.16. The molecule has 31 heavy (non-hydrogen) atoms. The van der Waals surface area contributed by atoms with Crippen molar-refractivity contribution in [2.75, 3.05) is 25.4 Å². The Kier molecular flexibility index (Phi) is 4.68. The molecule has 0 unspecified atom stereocenters. The van der Waals surface area contributed by atoms with Gasteiger partial charge in [0, 0.05) is 31.0 Å². The smallest absolute Gasteiger partial charge is 0.254 e. The van der Waals surface area contributed by atoms with Crippen LogP contribution in [-0.2, 0) is 4.79 Å². The lowest BCUT2D eigenvalue weighted by molar-refractivity contribution is -0.159. The summed E-state index contributed by atoms with van der Waals surface area (Å²) in [6.45, 7) is 2.23. The van der Waals surface area contributed by atoms with Gasteiger partial charge in [0.15, 0.2) is 0 Å². The number of halogens is 1. The lowest BCUT2D eigenvalue weighted by atomic mass is 9.49. The standard InChI is InChI=1S/C25H31FN2O2S/c26-21-3-1-20(2-4-21)22(29)28-9-10-31-25(28)5-7-27(8-6-25)23(30)24-14-17-11-18(15-24)13-19(12-17)16-24/h1-4,17-19H,5-16H2. The number of nitrogens with zero attached hydrogens (tertiary/aromatic N) is 2. The van der Waals surface area contributed by atoms with Crippen molar-refractivity contribution < 1.29 is 14.0 Å². The third-order valence-electron chi connectivity index (χ3n) is 8.84. The second kappa shape index (κ2) is 7.23. The number of thioether (sulfide) groups is 1. The Bertz CT molecular complexity index is 858. The van der Waals surface area contributed by atoms with E-state index in [0.29, 0.717) is 11.5 Å². The number of hydrogen-bond donors (Lipinski definition) is 0. The first-order chi connectivity index (χ1) is 15.0. The molecule has 1 spiro atoms. The molecule has 2 heterocycles. The highest BCUT2D eigenvalue weighted by atomic mass is 32.2. The number of carbonyl (C=O) groups is 2. The van der Waals surface area contributed by atoms with Crippen molar-refractivity contribution in [2.45, 2.75) is 56.2 Å². The minimum absolute atomic E-state index is 0.00846. The fraction of sp³-hybridized carbons (Fsp3) is 0.680. The molecule has 6 aliphatic rings. The molecule has 6 heteroatoms. The van der Waals surface area contributed by atoms with Crippen molar-refractivity contribution in [2.24, 2.45) is 23.2 Å². The average Bonchev–Trinajstić information content (AvgIpc) is 3.16. The first kappa shape index (κ1) is 20.1. The SMILES string of the molecule is O=C(c1ccc(F)cc1)N1CCSC12CCN(C(=O)C13CC4CC(CC(C4)C1)C3)CC2. The average molecular weight is 443 g/mol. The van der Waals surface area contributed by atoms with E-state index in [9.17, 15) is 14.0 Å².